The average molecular weight is 278 g/mol. The van der Waals surface area contributed by atoms with Crippen LogP contribution in [0.2, 0.25) is 0 Å². The molecule has 0 aromatic carbocycles. The molecular formula is C11H13F3N2OS. The number of nitrogens with zero attached hydrogens (tertiary/aromatic N) is 1. The summed E-state index contributed by atoms with van der Waals surface area (Å²) in [5.74, 6) is 0.395. The van der Waals surface area contributed by atoms with Crippen molar-refractivity contribution >= 4 is 9.73 Å². The molecule has 1 aromatic rings. The number of rotatable bonds is 2. The summed E-state index contributed by atoms with van der Waals surface area (Å²) in [6.45, 7) is 0. The third-order valence-electron chi connectivity index (χ3n) is 3.09. The lowest BCUT2D eigenvalue weighted by atomic mass is 10.1. The summed E-state index contributed by atoms with van der Waals surface area (Å²) < 4.78 is 56.4. The van der Waals surface area contributed by atoms with E-state index in [9.17, 15) is 17.4 Å². The molecule has 0 aliphatic carbocycles. The highest BCUT2D eigenvalue weighted by Gasteiger charge is 2.32. The highest BCUT2D eigenvalue weighted by Crippen LogP contribution is 2.28. The summed E-state index contributed by atoms with van der Waals surface area (Å²) in [6.07, 6.45) is -1.45. The smallest absolute Gasteiger partial charge is 0.253 e. The molecule has 2 atom stereocenters. The second kappa shape index (κ2) is 4.53. The zero-order chi connectivity index (χ0) is 13.4. The van der Waals surface area contributed by atoms with Crippen LogP contribution in [-0.2, 0) is 22.3 Å². The van der Waals surface area contributed by atoms with Crippen LogP contribution in [0.25, 0.3) is 0 Å². The number of nitrogens with one attached hydrogen (secondary N) is 1. The Kier molecular flexibility index (Phi) is 3.35. The van der Waals surface area contributed by atoms with Crippen molar-refractivity contribution in [3.05, 3.63) is 29.6 Å². The van der Waals surface area contributed by atoms with E-state index in [0.29, 0.717) is 24.2 Å². The number of pyridine rings is 1. The number of alkyl halides is 3. The molecule has 2 heterocycles. The summed E-state index contributed by atoms with van der Waals surface area (Å²) in [4.78, 5) is 3.36. The molecule has 2 rings (SSSR count). The SMILES string of the molecule is N=S1(=O)CCCC1Cc1ccc(C(F)(F)F)nc1. The van der Waals surface area contributed by atoms with Crippen LogP contribution in [0.15, 0.2) is 18.3 Å². The number of aromatic nitrogens is 1. The topological polar surface area (TPSA) is 53.8 Å². The maximum absolute atomic E-state index is 12.3. The summed E-state index contributed by atoms with van der Waals surface area (Å²) in [6, 6.07) is 2.28. The third-order valence-corrected chi connectivity index (χ3v) is 5.47. The van der Waals surface area contributed by atoms with Gasteiger partial charge in [0.2, 0.25) is 0 Å². The fourth-order valence-corrected chi connectivity index (χ4v) is 4.03. The second-order valence-electron chi connectivity index (χ2n) is 4.45. The van der Waals surface area contributed by atoms with Crippen molar-refractivity contribution < 1.29 is 17.4 Å². The van der Waals surface area contributed by atoms with Gasteiger partial charge >= 0.3 is 6.18 Å². The summed E-state index contributed by atoms with van der Waals surface area (Å²) >= 11 is 0. The first-order valence-corrected chi connectivity index (χ1v) is 7.35. The van der Waals surface area contributed by atoms with Crippen molar-refractivity contribution in [2.45, 2.75) is 30.7 Å². The second-order valence-corrected chi connectivity index (χ2v) is 6.98. The highest BCUT2D eigenvalue weighted by molar-refractivity contribution is 7.93. The minimum absolute atomic E-state index is 0.254. The fourth-order valence-electron chi connectivity index (χ4n) is 2.09. The normalized spacial score (nSPS) is 28.5. The lowest BCUT2D eigenvalue weighted by Crippen LogP contribution is -2.17. The Morgan fingerprint density at radius 3 is 2.61 bits per heavy atom. The predicted molar refractivity (Wildman–Crippen MR) is 61.7 cm³/mol. The van der Waals surface area contributed by atoms with Crippen molar-refractivity contribution in [1.82, 2.24) is 4.98 Å². The van der Waals surface area contributed by atoms with Gasteiger partial charge in [0, 0.05) is 26.9 Å². The van der Waals surface area contributed by atoms with Gasteiger partial charge in [0.15, 0.2) is 0 Å². The molecule has 1 aliphatic heterocycles. The molecule has 100 valence electrons. The lowest BCUT2D eigenvalue weighted by Gasteiger charge is -2.12. The largest absolute Gasteiger partial charge is 0.433 e. The quantitative estimate of drug-likeness (QED) is 0.904. The minimum atomic E-state index is -4.44. The summed E-state index contributed by atoms with van der Waals surface area (Å²) in [5, 5.41) is -0.254. The van der Waals surface area contributed by atoms with Gasteiger partial charge < -0.3 is 0 Å². The first kappa shape index (κ1) is 13.3. The van der Waals surface area contributed by atoms with E-state index in [1.165, 1.54) is 6.07 Å². The molecule has 2 unspecified atom stereocenters. The molecule has 1 saturated heterocycles. The van der Waals surface area contributed by atoms with Crippen LogP contribution >= 0.6 is 0 Å². The van der Waals surface area contributed by atoms with Crippen molar-refractivity contribution in [1.29, 1.82) is 4.78 Å². The molecular weight excluding hydrogens is 265 g/mol. The van der Waals surface area contributed by atoms with E-state index in [4.69, 9.17) is 4.78 Å². The Balaban J connectivity index is 2.12. The average Bonchev–Trinajstić information content (AvgIpc) is 2.58. The molecule has 0 bridgehead atoms. The molecule has 18 heavy (non-hydrogen) atoms. The van der Waals surface area contributed by atoms with E-state index >= 15 is 0 Å². The van der Waals surface area contributed by atoms with Crippen LogP contribution in [-0.4, -0.2) is 20.2 Å². The molecule has 7 heteroatoms. The fraction of sp³-hybridized carbons (Fsp3) is 0.545. The molecule has 0 saturated carbocycles. The van der Waals surface area contributed by atoms with E-state index in [-0.39, 0.29) is 5.25 Å². The van der Waals surface area contributed by atoms with Crippen LogP contribution in [0.5, 0.6) is 0 Å². The van der Waals surface area contributed by atoms with Crippen molar-refractivity contribution in [3.63, 3.8) is 0 Å². The lowest BCUT2D eigenvalue weighted by molar-refractivity contribution is -0.141. The van der Waals surface area contributed by atoms with E-state index in [1.807, 2.05) is 0 Å². The first-order chi connectivity index (χ1) is 8.29. The van der Waals surface area contributed by atoms with E-state index in [2.05, 4.69) is 4.98 Å². The third kappa shape index (κ3) is 2.82. The first-order valence-electron chi connectivity index (χ1n) is 5.56. The highest BCUT2D eigenvalue weighted by atomic mass is 32.2. The van der Waals surface area contributed by atoms with Crippen LogP contribution in [0.1, 0.15) is 24.1 Å². The molecule has 1 N–H and O–H groups in total. The molecule has 0 amide bonds. The molecule has 1 aromatic heterocycles. The van der Waals surface area contributed by atoms with E-state index in [0.717, 1.165) is 18.7 Å². The van der Waals surface area contributed by atoms with E-state index in [1.54, 1.807) is 0 Å². The van der Waals surface area contributed by atoms with Crippen LogP contribution in [0, 0.1) is 4.78 Å². The van der Waals surface area contributed by atoms with Crippen molar-refractivity contribution in [2.75, 3.05) is 5.75 Å². The van der Waals surface area contributed by atoms with Gasteiger partial charge in [-0.25, -0.2) is 4.21 Å². The zero-order valence-electron chi connectivity index (χ0n) is 9.54. The molecule has 1 fully saturated rings. The molecule has 0 radical (unpaired) electrons. The van der Waals surface area contributed by atoms with Crippen LogP contribution in [0.4, 0.5) is 13.2 Å². The summed E-state index contributed by atoms with van der Waals surface area (Å²) in [5.41, 5.74) is -0.320. The molecule has 0 spiro atoms. The van der Waals surface area contributed by atoms with Gasteiger partial charge in [0.05, 0.1) is 0 Å². The van der Waals surface area contributed by atoms with E-state index < -0.39 is 21.6 Å². The monoisotopic (exact) mass is 278 g/mol. The van der Waals surface area contributed by atoms with Crippen molar-refractivity contribution in [2.24, 2.45) is 0 Å². The maximum atomic E-state index is 12.3. The van der Waals surface area contributed by atoms with Gasteiger partial charge in [-0.3, -0.25) is 9.76 Å². The maximum Gasteiger partial charge on any atom is 0.433 e. The predicted octanol–water partition coefficient (Wildman–Crippen LogP) is 2.85. The van der Waals surface area contributed by atoms with Gasteiger partial charge in [-0.2, -0.15) is 13.2 Å². The van der Waals surface area contributed by atoms with Gasteiger partial charge in [0.1, 0.15) is 5.69 Å². The Hall–Kier alpha value is -1.11. The standard InChI is InChI=1S/C11H13F3N2OS/c12-11(13,14)10-4-3-8(7-16-10)6-9-2-1-5-18(9,15)17/h3-4,7,9,15H,1-2,5-6H2. The van der Waals surface area contributed by atoms with Crippen LogP contribution in [0.3, 0.4) is 0 Å². The number of halogens is 3. The minimum Gasteiger partial charge on any atom is -0.253 e. The summed E-state index contributed by atoms with van der Waals surface area (Å²) in [7, 11) is -2.57. The van der Waals surface area contributed by atoms with Gasteiger partial charge in [-0.15, -0.1) is 0 Å². The number of hydrogen-bond acceptors (Lipinski definition) is 3. The molecule has 3 nitrogen and oxygen atoms in total. The van der Waals surface area contributed by atoms with Gasteiger partial charge in [0.25, 0.3) is 0 Å². The Labute approximate surface area is 103 Å². The Morgan fingerprint density at radius 1 is 1.44 bits per heavy atom. The van der Waals surface area contributed by atoms with Crippen molar-refractivity contribution in [3.8, 4) is 0 Å². The zero-order valence-corrected chi connectivity index (χ0v) is 10.4. The van der Waals surface area contributed by atoms with Crippen LogP contribution < -0.4 is 0 Å². The van der Waals surface area contributed by atoms with Gasteiger partial charge in [-0.05, 0) is 30.9 Å². The Morgan fingerprint density at radius 2 is 2.17 bits per heavy atom. The Bertz CT molecular complexity index is 522. The number of hydrogen-bond donors (Lipinski definition) is 1. The van der Waals surface area contributed by atoms with Gasteiger partial charge in [-0.1, -0.05) is 6.07 Å². The molecule has 1 aliphatic rings.